The molecule has 0 amide bonds. The van der Waals surface area contributed by atoms with E-state index in [-0.39, 0.29) is 12.1 Å². The van der Waals surface area contributed by atoms with Crippen molar-refractivity contribution in [2.24, 2.45) is 46.3 Å². The minimum atomic E-state index is -0.431. The molecule has 0 saturated heterocycles. The van der Waals surface area contributed by atoms with Gasteiger partial charge in [-0.2, -0.15) is 0 Å². The Morgan fingerprint density at radius 3 is 2.25 bits per heavy atom. The van der Waals surface area contributed by atoms with Crippen LogP contribution < -0.4 is 16.2 Å². The molecular formula is C49H70N2O5. The molecule has 2 aromatic rings. The molecule has 8 atom stereocenters. The van der Waals surface area contributed by atoms with Gasteiger partial charge in [0.1, 0.15) is 11.9 Å². The van der Waals surface area contributed by atoms with Crippen LogP contribution in [0, 0.1) is 46.3 Å². The van der Waals surface area contributed by atoms with Gasteiger partial charge in [0.15, 0.2) is 0 Å². The van der Waals surface area contributed by atoms with Gasteiger partial charge in [-0.05, 0) is 159 Å². The summed E-state index contributed by atoms with van der Waals surface area (Å²) in [6.07, 6.45) is 23.9. The summed E-state index contributed by atoms with van der Waals surface area (Å²) in [6.45, 7) is 13.3. The van der Waals surface area contributed by atoms with E-state index in [2.05, 4.69) is 40.7 Å². The lowest BCUT2D eigenvalue weighted by Crippen LogP contribution is -2.51. The van der Waals surface area contributed by atoms with E-state index in [1.807, 2.05) is 24.3 Å². The summed E-state index contributed by atoms with van der Waals surface area (Å²) >= 11 is 0. The molecule has 306 valence electrons. The molecule has 7 nitrogen and oxygen atoms in total. The molecule has 7 heteroatoms. The van der Waals surface area contributed by atoms with Crippen LogP contribution in [0.25, 0.3) is 6.08 Å². The summed E-state index contributed by atoms with van der Waals surface area (Å²) in [4.78, 5) is 24.5. The molecule has 4 aliphatic rings. The average Bonchev–Trinajstić information content (AvgIpc) is 3.52. The zero-order valence-electron chi connectivity index (χ0n) is 35.0. The van der Waals surface area contributed by atoms with E-state index in [0.29, 0.717) is 41.0 Å². The number of nitrogens with two attached hydrogens (primary N) is 2. The summed E-state index contributed by atoms with van der Waals surface area (Å²) in [5.74, 6) is 5.25. The number of rotatable bonds is 17. The summed E-state index contributed by atoms with van der Waals surface area (Å²) in [6, 6.07) is 12.8. The van der Waals surface area contributed by atoms with Crippen molar-refractivity contribution in [2.45, 2.75) is 137 Å². The van der Waals surface area contributed by atoms with E-state index in [1.54, 1.807) is 29.8 Å². The first-order valence-electron chi connectivity index (χ1n) is 22.0. The van der Waals surface area contributed by atoms with Crippen LogP contribution in [-0.2, 0) is 14.3 Å². The van der Waals surface area contributed by atoms with Gasteiger partial charge in [-0.25, -0.2) is 9.59 Å². The number of nitrogen functional groups attached to an aromatic ring is 2. The monoisotopic (exact) mass is 767 g/mol. The maximum atomic E-state index is 12.3. The highest BCUT2D eigenvalue weighted by atomic mass is 16.5. The molecular weight excluding hydrogens is 697 g/mol. The number of esters is 2. The van der Waals surface area contributed by atoms with E-state index in [9.17, 15) is 9.59 Å². The molecule has 3 saturated carbocycles. The highest BCUT2D eigenvalue weighted by Gasteiger charge is 2.59. The third kappa shape index (κ3) is 10.0. The van der Waals surface area contributed by atoms with Gasteiger partial charge in [-0.1, -0.05) is 77.7 Å². The normalized spacial score (nSPS) is 28.9. The van der Waals surface area contributed by atoms with Crippen LogP contribution in [0.5, 0.6) is 5.75 Å². The molecule has 6 rings (SSSR count). The quantitative estimate of drug-likeness (QED) is 0.0542. The number of ether oxygens (including phenoxy) is 3. The van der Waals surface area contributed by atoms with E-state index in [0.717, 1.165) is 85.3 Å². The fourth-order valence-corrected chi connectivity index (χ4v) is 11.6. The smallest absolute Gasteiger partial charge is 0.338 e. The Balaban J connectivity index is 0.892. The number of carbonyl (C=O) groups excluding carboxylic acids is 2. The fraction of sp³-hybridized carbons (Fsp3) is 0.633. The molecule has 0 spiro atoms. The van der Waals surface area contributed by atoms with Crippen LogP contribution in [0.2, 0.25) is 0 Å². The molecule has 56 heavy (non-hydrogen) atoms. The SMILES string of the molecule is CC(C)CCC[C@@H](C)[C@H]1CCC2C3CC=C4CC(Oc5ccc(C=CC(=O)OCCCCCCOC(=O)c6cc(N)cc(N)c6)cc5)CC[C@]4(C)C3CC[C@@]21C. The van der Waals surface area contributed by atoms with E-state index in [1.165, 1.54) is 63.9 Å². The first-order valence-corrected chi connectivity index (χ1v) is 22.0. The standard InChI is InChI=1S/C49H70N2O5/c1-33(2)11-10-12-34(3)43-20-21-44-42-19-16-37-31-41(23-25-48(37,4)45(42)24-26-49(43,44)5)56-40-17-13-35(14-18-40)15-22-46(52)54-27-8-6-7-9-28-55-47(53)36-29-38(50)32-39(51)30-36/h13-18,22,29-30,32-34,41-45H,6-12,19-21,23-28,31,50-51H2,1-5H3/t34-,41?,42?,43-,44?,45?,48+,49-/m1/s1. The van der Waals surface area contributed by atoms with Crippen LogP contribution in [0.15, 0.2) is 60.2 Å². The third-order valence-electron chi connectivity index (χ3n) is 14.6. The van der Waals surface area contributed by atoms with Gasteiger partial charge in [-0.15, -0.1) is 0 Å². The van der Waals surface area contributed by atoms with Crippen molar-refractivity contribution in [1.82, 2.24) is 0 Å². The predicted octanol–water partition coefficient (Wildman–Crippen LogP) is 11.6. The Morgan fingerprint density at radius 2 is 1.54 bits per heavy atom. The molecule has 0 heterocycles. The van der Waals surface area contributed by atoms with Gasteiger partial charge in [0.25, 0.3) is 0 Å². The van der Waals surface area contributed by atoms with Crippen molar-refractivity contribution in [1.29, 1.82) is 0 Å². The van der Waals surface area contributed by atoms with Crippen molar-refractivity contribution >= 4 is 29.4 Å². The number of benzene rings is 2. The second-order valence-corrected chi connectivity index (χ2v) is 18.8. The van der Waals surface area contributed by atoms with Gasteiger partial charge in [0.2, 0.25) is 0 Å². The molecule has 4 N–H and O–H groups in total. The van der Waals surface area contributed by atoms with Gasteiger partial charge in [0.05, 0.1) is 18.8 Å². The number of carbonyl (C=O) groups is 2. The highest BCUT2D eigenvalue weighted by molar-refractivity contribution is 5.91. The zero-order chi connectivity index (χ0) is 39.9. The molecule has 4 unspecified atom stereocenters. The van der Waals surface area contributed by atoms with Crippen LogP contribution in [-0.4, -0.2) is 31.3 Å². The van der Waals surface area contributed by atoms with Crippen molar-refractivity contribution in [2.75, 3.05) is 24.7 Å². The fourth-order valence-electron chi connectivity index (χ4n) is 11.6. The summed E-state index contributed by atoms with van der Waals surface area (Å²) in [5.41, 5.74) is 16.2. The molecule has 4 aliphatic carbocycles. The van der Waals surface area contributed by atoms with Gasteiger partial charge < -0.3 is 25.7 Å². The Bertz CT molecular complexity index is 1680. The number of unbranched alkanes of at least 4 members (excludes halogenated alkanes) is 3. The lowest BCUT2D eigenvalue weighted by molar-refractivity contribution is -0.137. The third-order valence-corrected chi connectivity index (χ3v) is 14.6. The maximum Gasteiger partial charge on any atom is 0.338 e. The zero-order valence-corrected chi connectivity index (χ0v) is 35.0. The van der Waals surface area contributed by atoms with Crippen molar-refractivity contribution in [3.05, 3.63) is 71.3 Å². The van der Waals surface area contributed by atoms with Gasteiger partial charge >= 0.3 is 11.9 Å². The number of allylic oxidation sites excluding steroid dienone is 1. The minimum absolute atomic E-state index is 0.211. The highest BCUT2D eigenvalue weighted by Crippen LogP contribution is 2.67. The largest absolute Gasteiger partial charge is 0.490 e. The number of anilines is 2. The number of hydrogen-bond acceptors (Lipinski definition) is 7. The maximum absolute atomic E-state index is 12.3. The van der Waals surface area contributed by atoms with Crippen molar-refractivity contribution in [3.63, 3.8) is 0 Å². The summed E-state index contributed by atoms with van der Waals surface area (Å²) < 4.78 is 17.3. The summed E-state index contributed by atoms with van der Waals surface area (Å²) in [7, 11) is 0. The molecule has 2 aromatic carbocycles. The molecule has 0 aliphatic heterocycles. The molecule has 0 bridgehead atoms. The Hall–Kier alpha value is -3.74. The van der Waals surface area contributed by atoms with Gasteiger partial charge in [0, 0.05) is 23.9 Å². The van der Waals surface area contributed by atoms with E-state index in [4.69, 9.17) is 25.7 Å². The van der Waals surface area contributed by atoms with Crippen LogP contribution in [0.4, 0.5) is 11.4 Å². The molecule has 3 fully saturated rings. The second kappa shape index (κ2) is 18.7. The molecule has 0 radical (unpaired) electrons. The number of fused-ring (bicyclic) bond motifs is 5. The predicted molar refractivity (Wildman–Crippen MR) is 228 cm³/mol. The first kappa shape index (κ1) is 41.9. The topological polar surface area (TPSA) is 114 Å². The average molecular weight is 767 g/mol. The number of hydrogen-bond donors (Lipinski definition) is 2. The van der Waals surface area contributed by atoms with Crippen LogP contribution in [0.1, 0.15) is 147 Å². The van der Waals surface area contributed by atoms with Crippen molar-refractivity contribution < 1.29 is 23.8 Å². The van der Waals surface area contributed by atoms with E-state index >= 15 is 0 Å². The summed E-state index contributed by atoms with van der Waals surface area (Å²) in [5, 5.41) is 0. The Morgan fingerprint density at radius 1 is 0.821 bits per heavy atom. The van der Waals surface area contributed by atoms with Crippen molar-refractivity contribution in [3.8, 4) is 5.75 Å². The van der Waals surface area contributed by atoms with Crippen LogP contribution >= 0.6 is 0 Å². The van der Waals surface area contributed by atoms with E-state index < -0.39 is 5.97 Å². The molecule has 0 aromatic heterocycles. The first-order chi connectivity index (χ1) is 26.9. The Labute approximate surface area is 337 Å². The Kier molecular flexibility index (Phi) is 14.0. The lowest BCUT2D eigenvalue weighted by atomic mass is 9.47. The second-order valence-electron chi connectivity index (χ2n) is 18.8. The van der Waals surface area contributed by atoms with Gasteiger partial charge in [-0.3, -0.25) is 0 Å². The lowest BCUT2D eigenvalue weighted by Gasteiger charge is -2.58. The minimum Gasteiger partial charge on any atom is -0.490 e. The van der Waals surface area contributed by atoms with Crippen LogP contribution in [0.3, 0.4) is 0 Å².